The van der Waals surface area contributed by atoms with Crippen LogP contribution in [0.4, 0.5) is 0 Å². The van der Waals surface area contributed by atoms with Gasteiger partial charge in [-0.2, -0.15) is 0 Å². The molecule has 3 heteroatoms. The van der Waals surface area contributed by atoms with Crippen LogP contribution in [0.3, 0.4) is 0 Å². The highest BCUT2D eigenvalue weighted by Crippen LogP contribution is 2.39. The van der Waals surface area contributed by atoms with Gasteiger partial charge in [-0.3, -0.25) is 0 Å². The number of thioether (sulfide) groups is 1. The number of benzene rings is 1. The van der Waals surface area contributed by atoms with E-state index >= 15 is 0 Å². The van der Waals surface area contributed by atoms with Crippen molar-refractivity contribution in [3.05, 3.63) is 23.8 Å². The normalized spacial score (nSPS) is 15.8. The molecule has 0 fully saturated rings. The van der Waals surface area contributed by atoms with Crippen LogP contribution in [0.25, 0.3) is 0 Å². The number of aryl methyl sites for hydroxylation is 1. The van der Waals surface area contributed by atoms with Crippen molar-refractivity contribution >= 4 is 20.1 Å². The summed E-state index contributed by atoms with van der Waals surface area (Å²) in [6, 6.07) is 6.60. The van der Waals surface area contributed by atoms with Crippen molar-refractivity contribution < 1.29 is 4.43 Å². The third-order valence-corrected chi connectivity index (χ3v) is 9.32. The first-order chi connectivity index (χ1) is 7.79. The maximum Gasteiger partial charge on any atom is 0.250 e. The molecular formula is C14H22OSSi. The Hall–Kier alpha value is -0.413. The van der Waals surface area contributed by atoms with Crippen LogP contribution >= 0.6 is 11.8 Å². The van der Waals surface area contributed by atoms with Gasteiger partial charge in [0.1, 0.15) is 5.75 Å². The smallest absolute Gasteiger partial charge is 0.250 e. The SMILES string of the molecule is CC(C)(C)[Si](C)(C)Oc1ccc2c(c1)CCS2. The van der Waals surface area contributed by atoms with Crippen LogP contribution in [-0.4, -0.2) is 14.1 Å². The van der Waals surface area contributed by atoms with Gasteiger partial charge in [0.2, 0.25) is 8.32 Å². The van der Waals surface area contributed by atoms with E-state index in [1.807, 2.05) is 11.8 Å². The van der Waals surface area contributed by atoms with Crippen LogP contribution < -0.4 is 4.43 Å². The Bertz CT molecular complexity index is 421. The molecule has 1 aromatic carbocycles. The summed E-state index contributed by atoms with van der Waals surface area (Å²) in [6.07, 6.45) is 1.19. The number of hydrogen-bond acceptors (Lipinski definition) is 2. The monoisotopic (exact) mass is 266 g/mol. The van der Waals surface area contributed by atoms with Crippen molar-refractivity contribution in [3.8, 4) is 5.75 Å². The largest absolute Gasteiger partial charge is 0.543 e. The summed E-state index contributed by atoms with van der Waals surface area (Å²) in [6.45, 7) is 11.4. The van der Waals surface area contributed by atoms with Crippen LogP contribution in [0.15, 0.2) is 23.1 Å². The zero-order valence-corrected chi connectivity index (χ0v) is 13.3. The second-order valence-corrected chi connectivity index (χ2v) is 12.1. The van der Waals surface area contributed by atoms with E-state index in [-0.39, 0.29) is 5.04 Å². The van der Waals surface area contributed by atoms with Gasteiger partial charge in [-0.15, -0.1) is 11.8 Å². The van der Waals surface area contributed by atoms with Crippen LogP contribution in [0, 0.1) is 0 Å². The number of rotatable bonds is 2. The van der Waals surface area contributed by atoms with E-state index in [1.165, 1.54) is 22.6 Å². The van der Waals surface area contributed by atoms with Crippen LogP contribution in [-0.2, 0) is 6.42 Å². The summed E-state index contributed by atoms with van der Waals surface area (Å²) in [4.78, 5) is 1.44. The van der Waals surface area contributed by atoms with E-state index < -0.39 is 8.32 Å². The lowest BCUT2D eigenvalue weighted by atomic mass is 10.2. The first-order valence-corrected chi connectivity index (χ1v) is 10.1. The zero-order valence-electron chi connectivity index (χ0n) is 11.5. The molecule has 0 atom stereocenters. The highest BCUT2D eigenvalue weighted by Gasteiger charge is 2.39. The van der Waals surface area contributed by atoms with E-state index in [0.29, 0.717) is 0 Å². The fourth-order valence-corrected chi connectivity index (χ4v) is 3.75. The summed E-state index contributed by atoms with van der Waals surface area (Å²) in [5, 5.41) is 0.265. The minimum atomic E-state index is -1.69. The molecule has 1 heterocycles. The fourth-order valence-electron chi connectivity index (χ4n) is 1.67. The second kappa shape index (κ2) is 4.36. The number of fused-ring (bicyclic) bond motifs is 1. The molecule has 0 aromatic heterocycles. The number of hydrogen-bond donors (Lipinski definition) is 0. The van der Waals surface area contributed by atoms with Crippen molar-refractivity contribution in [3.63, 3.8) is 0 Å². The highest BCUT2D eigenvalue weighted by atomic mass is 32.2. The Morgan fingerprint density at radius 1 is 1.24 bits per heavy atom. The third kappa shape index (κ3) is 2.71. The summed E-state index contributed by atoms with van der Waals surface area (Å²) >= 11 is 1.96. The second-order valence-electron chi connectivity index (χ2n) is 6.23. The van der Waals surface area contributed by atoms with Gasteiger partial charge in [0.05, 0.1) is 0 Å². The quantitative estimate of drug-likeness (QED) is 0.716. The van der Waals surface area contributed by atoms with Gasteiger partial charge >= 0.3 is 0 Å². The van der Waals surface area contributed by atoms with Gasteiger partial charge < -0.3 is 4.43 Å². The molecular weight excluding hydrogens is 244 g/mol. The van der Waals surface area contributed by atoms with Crippen molar-refractivity contribution in [1.29, 1.82) is 0 Å². The maximum absolute atomic E-state index is 6.32. The molecule has 0 radical (unpaired) electrons. The minimum absolute atomic E-state index is 0.265. The third-order valence-electron chi connectivity index (χ3n) is 3.84. The minimum Gasteiger partial charge on any atom is -0.543 e. The predicted octanol–water partition coefficient (Wildman–Crippen LogP) is 4.72. The van der Waals surface area contributed by atoms with Crippen LogP contribution in [0.5, 0.6) is 5.75 Å². The van der Waals surface area contributed by atoms with E-state index in [9.17, 15) is 0 Å². The molecule has 0 spiro atoms. The maximum atomic E-state index is 6.32. The molecule has 0 aliphatic carbocycles. The summed E-state index contributed by atoms with van der Waals surface area (Å²) in [7, 11) is -1.69. The lowest BCUT2D eigenvalue weighted by Gasteiger charge is -2.36. The van der Waals surface area contributed by atoms with Gasteiger partial charge in [0.25, 0.3) is 0 Å². The molecule has 0 N–H and O–H groups in total. The van der Waals surface area contributed by atoms with E-state index in [2.05, 4.69) is 52.1 Å². The average Bonchev–Trinajstić information content (AvgIpc) is 2.62. The predicted molar refractivity (Wildman–Crippen MR) is 78.7 cm³/mol. The molecule has 1 aliphatic rings. The van der Waals surface area contributed by atoms with Crippen LogP contribution in [0.2, 0.25) is 18.1 Å². The molecule has 2 rings (SSSR count). The van der Waals surface area contributed by atoms with Crippen molar-refractivity contribution in [2.24, 2.45) is 0 Å². The standard InChI is InChI=1S/C14H22OSSi/c1-14(2,3)17(4,5)15-12-6-7-13-11(10-12)8-9-16-13/h6-7,10H,8-9H2,1-5H3. The summed E-state index contributed by atoms with van der Waals surface area (Å²) in [5.41, 5.74) is 1.46. The molecule has 0 amide bonds. The van der Waals surface area contributed by atoms with Gasteiger partial charge in [-0.05, 0) is 48.3 Å². The molecule has 1 nitrogen and oxygen atoms in total. The molecule has 17 heavy (non-hydrogen) atoms. The van der Waals surface area contributed by atoms with Crippen molar-refractivity contribution in [2.45, 2.75) is 50.2 Å². The average molecular weight is 266 g/mol. The zero-order chi connectivity index (χ0) is 12.7. The molecule has 0 saturated carbocycles. The Morgan fingerprint density at radius 2 is 1.94 bits per heavy atom. The van der Waals surface area contributed by atoms with Gasteiger partial charge in [0, 0.05) is 10.6 Å². The molecule has 94 valence electrons. The van der Waals surface area contributed by atoms with Gasteiger partial charge in [-0.25, -0.2) is 0 Å². The Balaban J connectivity index is 2.20. The Morgan fingerprint density at radius 3 is 2.59 bits per heavy atom. The van der Waals surface area contributed by atoms with E-state index in [1.54, 1.807) is 0 Å². The van der Waals surface area contributed by atoms with Gasteiger partial charge in [-0.1, -0.05) is 20.8 Å². The Kier molecular flexibility index (Phi) is 3.34. The van der Waals surface area contributed by atoms with Gasteiger partial charge in [0.15, 0.2) is 0 Å². The lowest BCUT2D eigenvalue weighted by molar-refractivity contribution is 0.491. The first-order valence-electron chi connectivity index (χ1n) is 6.24. The fraction of sp³-hybridized carbons (Fsp3) is 0.571. The van der Waals surface area contributed by atoms with E-state index in [4.69, 9.17) is 4.43 Å². The first kappa shape index (κ1) is 13.0. The molecule has 0 bridgehead atoms. The lowest BCUT2D eigenvalue weighted by Crippen LogP contribution is -2.43. The highest BCUT2D eigenvalue weighted by molar-refractivity contribution is 7.99. The molecule has 1 aliphatic heterocycles. The van der Waals surface area contributed by atoms with Crippen LogP contribution in [0.1, 0.15) is 26.3 Å². The molecule has 0 unspecified atom stereocenters. The Labute approximate surface area is 110 Å². The summed E-state index contributed by atoms with van der Waals surface area (Å²) in [5.74, 6) is 2.29. The molecule has 0 saturated heterocycles. The van der Waals surface area contributed by atoms with Crippen molar-refractivity contribution in [2.75, 3.05) is 5.75 Å². The topological polar surface area (TPSA) is 9.23 Å². The summed E-state index contributed by atoms with van der Waals surface area (Å²) < 4.78 is 6.32. The molecule has 1 aromatic rings. The van der Waals surface area contributed by atoms with E-state index in [0.717, 1.165) is 5.75 Å². The van der Waals surface area contributed by atoms with Crippen molar-refractivity contribution in [1.82, 2.24) is 0 Å².